The van der Waals surface area contributed by atoms with Gasteiger partial charge in [0.15, 0.2) is 0 Å². The third kappa shape index (κ3) is 4.41. The molecule has 0 bridgehead atoms. The second-order valence-electron chi connectivity index (χ2n) is 9.36. The van der Waals surface area contributed by atoms with Gasteiger partial charge in [0.05, 0.1) is 10.9 Å². The van der Waals surface area contributed by atoms with E-state index in [0.29, 0.717) is 32.6 Å². The number of carbonyl (C=O) groups is 1. The molecule has 1 aliphatic carbocycles. The van der Waals surface area contributed by atoms with E-state index in [1.807, 2.05) is 47.4 Å². The van der Waals surface area contributed by atoms with E-state index in [0.717, 1.165) is 31.9 Å². The number of amides is 1. The van der Waals surface area contributed by atoms with Crippen LogP contribution < -0.4 is 10.9 Å². The summed E-state index contributed by atoms with van der Waals surface area (Å²) in [5.74, 6) is 0.0854. The molecule has 2 aromatic carbocycles. The van der Waals surface area contributed by atoms with Crippen molar-refractivity contribution in [3.8, 4) is 0 Å². The number of nitrogens with one attached hydrogen (secondary N) is 1. The van der Waals surface area contributed by atoms with Crippen LogP contribution in [0.1, 0.15) is 42.5 Å². The molecule has 2 aliphatic rings. The van der Waals surface area contributed by atoms with Crippen molar-refractivity contribution in [3.05, 3.63) is 64.4 Å². The fraction of sp³-hybridized carbons (Fsp3) is 0.385. The quantitative estimate of drug-likeness (QED) is 0.465. The number of benzene rings is 2. The number of piperazine rings is 1. The number of fused-ring (bicyclic) bond motifs is 2. The molecule has 1 N–H and O–H groups in total. The average Bonchev–Trinajstić information content (AvgIpc) is 3.32. The SMILES string of the molecule is O=C(c1ccc(Nc2nn3c(=O)c4ccccc4nc3s2)cc1)N1CCN(C2CCCCC2)CC1. The van der Waals surface area contributed by atoms with E-state index in [1.54, 1.807) is 6.07 Å². The Balaban J connectivity index is 1.12. The lowest BCUT2D eigenvalue weighted by atomic mass is 9.94. The molecule has 1 saturated heterocycles. The molecular formula is C26H28N6O2S. The van der Waals surface area contributed by atoms with Crippen LogP contribution >= 0.6 is 11.3 Å². The van der Waals surface area contributed by atoms with Crippen molar-refractivity contribution in [2.45, 2.75) is 38.1 Å². The van der Waals surface area contributed by atoms with Crippen LogP contribution in [-0.4, -0.2) is 62.5 Å². The number of rotatable bonds is 4. The highest BCUT2D eigenvalue weighted by Gasteiger charge is 2.27. The maximum atomic E-state index is 13.1. The zero-order valence-corrected chi connectivity index (χ0v) is 20.3. The number of anilines is 2. The Hall–Kier alpha value is -3.30. The molecule has 1 saturated carbocycles. The topological polar surface area (TPSA) is 82.8 Å². The summed E-state index contributed by atoms with van der Waals surface area (Å²) in [4.78, 5) is 35.4. The molecule has 9 heteroatoms. The van der Waals surface area contributed by atoms with Crippen LogP contribution in [0.4, 0.5) is 10.8 Å². The number of aromatic nitrogens is 3. The molecule has 0 unspecified atom stereocenters. The Labute approximate surface area is 207 Å². The van der Waals surface area contributed by atoms with E-state index in [-0.39, 0.29) is 11.5 Å². The fourth-order valence-electron chi connectivity index (χ4n) is 5.24. The Morgan fingerprint density at radius 2 is 1.69 bits per heavy atom. The molecule has 0 radical (unpaired) electrons. The van der Waals surface area contributed by atoms with Gasteiger partial charge in [-0.3, -0.25) is 14.5 Å². The van der Waals surface area contributed by atoms with Gasteiger partial charge in [-0.1, -0.05) is 42.7 Å². The monoisotopic (exact) mass is 488 g/mol. The normalized spacial score (nSPS) is 17.8. The van der Waals surface area contributed by atoms with Gasteiger partial charge in [0.1, 0.15) is 0 Å². The number of carbonyl (C=O) groups excluding carboxylic acids is 1. The van der Waals surface area contributed by atoms with Crippen LogP contribution in [0.2, 0.25) is 0 Å². The van der Waals surface area contributed by atoms with Gasteiger partial charge in [0.25, 0.3) is 11.5 Å². The molecule has 3 heterocycles. The van der Waals surface area contributed by atoms with Crippen LogP contribution in [0.15, 0.2) is 53.3 Å². The summed E-state index contributed by atoms with van der Waals surface area (Å²) >= 11 is 1.32. The first-order valence-corrected chi connectivity index (χ1v) is 13.2. The van der Waals surface area contributed by atoms with Crippen LogP contribution in [0.5, 0.6) is 0 Å². The fourth-order valence-corrected chi connectivity index (χ4v) is 6.06. The number of hydrogen-bond acceptors (Lipinski definition) is 7. The average molecular weight is 489 g/mol. The lowest BCUT2D eigenvalue weighted by Crippen LogP contribution is -2.52. The largest absolute Gasteiger partial charge is 0.336 e. The highest BCUT2D eigenvalue weighted by Crippen LogP contribution is 2.25. The molecule has 1 amide bonds. The summed E-state index contributed by atoms with van der Waals surface area (Å²) in [6, 6.07) is 15.4. The molecule has 6 rings (SSSR count). The Kier molecular flexibility index (Phi) is 5.95. The summed E-state index contributed by atoms with van der Waals surface area (Å²) in [6.07, 6.45) is 6.65. The van der Waals surface area contributed by atoms with Crippen molar-refractivity contribution < 1.29 is 4.79 Å². The number of para-hydroxylation sites is 1. The van der Waals surface area contributed by atoms with Gasteiger partial charge < -0.3 is 10.2 Å². The van der Waals surface area contributed by atoms with Crippen molar-refractivity contribution in [2.75, 3.05) is 31.5 Å². The van der Waals surface area contributed by atoms with E-state index in [2.05, 4.69) is 20.3 Å². The van der Waals surface area contributed by atoms with Gasteiger partial charge in [-0.15, -0.1) is 5.10 Å². The summed E-state index contributed by atoms with van der Waals surface area (Å²) in [6.45, 7) is 3.51. The number of nitrogens with zero attached hydrogens (tertiary/aromatic N) is 5. The van der Waals surface area contributed by atoms with Crippen LogP contribution in [0.3, 0.4) is 0 Å². The second kappa shape index (κ2) is 9.39. The minimum atomic E-state index is -0.181. The Morgan fingerprint density at radius 1 is 0.943 bits per heavy atom. The summed E-state index contributed by atoms with van der Waals surface area (Å²) in [5, 5.41) is 8.76. The first-order valence-electron chi connectivity index (χ1n) is 12.3. The first-order chi connectivity index (χ1) is 17.2. The van der Waals surface area contributed by atoms with Gasteiger partial charge in [-0.05, 0) is 49.2 Å². The molecule has 8 nitrogen and oxygen atoms in total. The minimum absolute atomic E-state index is 0.0854. The predicted molar refractivity (Wildman–Crippen MR) is 139 cm³/mol. The van der Waals surface area contributed by atoms with Gasteiger partial charge in [-0.2, -0.15) is 4.52 Å². The van der Waals surface area contributed by atoms with Crippen molar-refractivity contribution in [3.63, 3.8) is 0 Å². The maximum absolute atomic E-state index is 13.1. The van der Waals surface area contributed by atoms with Crippen molar-refractivity contribution in [2.24, 2.45) is 0 Å². The van der Waals surface area contributed by atoms with Gasteiger partial charge in [0, 0.05) is 43.5 Å². The summed E-state index contributed by atoms with van der Waals surface area (Å²) in [5.41, 5.74) is 1.98. The highest BCUT2D eigenvalue weighted by atomic mass is 32.1. The summed E-state index contributed by atoms with van der Waals surface area (Å²) in [7, 11) is 0. The molecule has 180 valence electrons. The van der Waals surface area contributed by atoms with Gasteiger partial charge >= 0.3 is 0 Å². The molecule has 0 spiro atoms. The Morgan fingerprint density at radius 3 is 2.46 bits per heavy atom. The van der Waals surface area contributed by atoms with Crippen LogP contribution in [0.25, 0.3) is 15.9 Å². The molecule has 2 aromatic heterocycles. The summed E-state index contributed by atoms with van der Waals surface area (Å²) < 4.78 is 1.33. The highest BCUT2D eigenvalue weighted by molar-refractivity contribution is 7.20. The molecule has 2 fully saturated rings. The Bertz CT molecular complexity index is 1420. The maximum Gasteiger partial charge on any atom is 0.283 e. The zero-order valence-electron chi connectivity index (χ0n) is 19.5. The lowest BCUT2D eigenvalue weighted by Gasteiger charge is -2.40. The van der Waals surface area contributed by atoms with Gasteiger partial charge in [-0.25, -0.2) is 4.98 Å². The van der Waals surface area contributed by atoms with E-state index in [1.165, 1.54) is 48.0 Å². The molecule has 35 heavy (non-hydrogen) atoms. The smallest absolute Gasteiger partial charge is 0.283 e. The third-order valence-corrected chi connectivity index (χ3v) is 8.00. The van der Waals surface area contributed by atoms with E-state index in [9.17, 15) is 9.59 Å². The van der Waals surface area contributed by atoms with Crippen LogP contribution in [0, 0.1) is 0 Å². The standard InChI is InChI=1S/C26H28N6O2S/c33-23(31-16-14-30(15-17-31)20-6-2-1-3-7-20)18-10-12-19(13-11-18)27-25-29-32-24(34)21-8-4-5-9-22(21)28-26(32)35-25/h4-5,8-13,20H,1-3,6-7,14-17H2,(H,27,29). The predicted octanol–water partition coefficient (Wildman–Crippen LogP) is 4.14. The lowest BCUT2D eigenvalue weighted by molar-refractivity contribution is 0.0523. The molecular weight excluding hydrogens is 460 g/mol. The van der Waals surface area contributed by atoms with E-state index < -0.39 is 0 Å². The molecule has 0 atom stereocenters. The van der Waals surface area contributed by atoms with Crippen molar-refractivity contribution >= 4 is 43.9 Å². The van der Waals surface area contributed by atoms with E-state index >= 15 is 0 Å². The zero-order chi connectivity index (χ0) is 23.8. The molecule has 4 aromatic rings. The first kappa shape index (κ1) is 22.2. The van der Waals surface area contributed by atoms with Crippen molar-refractivity contribution in [1.29, 1.82) is 0 Å². The third-order valence-electron chi connectivity index (χ3n) is 7.18. The number of hydrogen-bond donors (Lipinski definition) is 1. The van der Waals surface area contributed by atoms with E-state index in [4.69, 9.17) is 0 Å². The second-order valence-corrected chi connectivity index (χ2v) is 10.3. The van der Waals surface area contributed by atoms with Crippen LogP contribution in [-0.2, 0) is 0 Å². The molecule has 1 aliphatic heterocycles. The minimum Gasteiger partial charge on any atom is -0.336 e. The van der Waals surface area contributed by atoms with Crippen molar-refractivity contribution in [1.82, 2.24) is 24.4 Å². The van der Waals surface area contributed by atoms with Gasteiger partial charge in [0.2, 0.25) is 10.1 Å².